The molecular weight excluding hydrogens is 542 g/mol. The van der Waals surface area contributed by atoms with Crippen molar-refractivity contribution in [1.82, 2.24) is 29.5 Å². The number of hydrogen-bond donors (Lipinski definition) is 1. The summed E-state index contributed by atoms with van der Waals surface area (Å²) in [5.74, 6) is 0.485. The Labute approximate surface area is 226 Å². The molecule has 0 amide bonds. The van der Waals surface area contributed by atoms with Gasteiger partial charge in [0.15, 0.2) is 15.7 Å². The zero-order valence-electron chi connectivity index (χ0n) is 22.1. The highest BCUT2D eigenvalue weighted by Crippen LogP contribution is 2.39. The van der Waals surface area contributed by atoms with Gasteiger partial charge in [0.1, 0.15) is 4.90 Å². The van der Waals surface area contributed by atoms with Crippen LogP contribution in [0.15, 0.2) is 23.4 Å². The molecule has 1 aliphatic heterocycles. The van der Waals surface area contributed by atoms with E-state index in [9.17, 15) is 16.8 Å². The van der Waals surface area contributed by atoms with Gasteiger partial charge >= 0.3 is 0 Å². The fraction of sp³-hybridized carbons (Fsp3) is 0.520. The summed E-state index contributed by atoms with van der Waals surface area (Å²) in [7, 11) is -5.60. The third-order valence-corrected chi connectivity index (χ3v) is 10.0. The number of fused-ring (bicyclic) bond motifs is 3. The molecule has 4 aromatic rings. The summed E-state index contributed by atoms with van der Waals surface area (Å²) < 4.78 is 63.8. The highest BCUT2D eigenvalue weighted by atomic mass is 32.2. The molecule has 1 aliphatic carbocycles. The van der Waals surface area contributed by atoms with Gasteiger partial charge in [-0.2, -0.15) is 0 Å². The number of anilines is 1. The van der Waals surface area contributed by atoms with Gasteiger partial charge in [0.2, 0.25) is 10.0 Å². The Hall–Kier alpha value is -3.10. The number of nitrogens with zero attached hydrogens (tertiary/aromatic N) is 6. The number of ether oxygens (including phenoxy) is 1. The summed E-state index contributed by atoms with van der Waals surface area (Å²) in [6, 6.07) is 1.95. The molecule has 39 heavy (non-hydrogen) atoms. The molecule has 6 rings (SSSR count). The molecule has 0 spiro atoms. The van der Waals surface area contributed by atoms with E-state index in [0.29, 0.717) is 41.7 Å². The predicted molar refractivity (Wildman–Crippen MR) is 147 cm³/mol. The molecule has 0 atom stereocenters. The highest BCUT2D eigenvalue weighted by molar-refractivity contribution is 7.92. The van der Waals surface area contributed by atoms with Gasteiger partial charge in [0.05, 0.1) is 45.3 Å². The molecule has 0 aromatic carbocycles. The number of sulfonamides is 1. The first-order valence-electron chi connectivity index (χ1n) is 13.0. The van der Waals surface area contributed by atoms with Crippen LogP contribution < -0.4 is 4.72 Å². The lowest BCUT2D eigenvalue weighted by molar-refractivity contribution is 0.0619. The molecule has 2 aliphatic rings. The zero-order valence-corrected chi connectivity index (χ0v) is 23.7. The van der Waals surface area contributed by atoms with Crippen molar-refractivity contribution in [1.29, 1.82) is 0 Å². The summed E-state index contributed by atoms with van der Waals surface area (Å²) >= 11 is 0. The highest BCUT2D eigenvalue weighted by Gasteiger charge is 2.31. The predicted octanol–water partition coefficient (Wildman–Crippen LogP) is 2.67. The maximum Gasteiger partial charge on any atom is 0.234 e. The SMILES string of the molecule is Cc1nnn(C)c1-c1cnc2c3c(NS(=O)(=O)CC4CC4)ncc(S(C)(=O)=O)c3n(CC3CCOCC3)c2c1. The van der Waals surface area contributed by atoms with Crippen LogP contribution >= 0.6 is 0 Å². The molecule has 208 valence electrons. The van der Waals surface area contributed by atoms with Gasteiger partial charge in [-0.05, 0) is 50.5 Å². The fourth-order valence-electron chi connectivity index (χ4n) is 5.44. The number of pyridine rings is 2. The molecule has 0 bridgehead atoms. The first kappa shape index (κ1) is 26.1. The summed E-state index contributed by atoms with van der Waals surface area (Å²) in [5.41, 5.74) is 3.87. The van der Waals surface area contributed by atoms with Crippen LogP contribution in [-0.2, 0) is 38.2 Å². The Balaban J connectivity index is 1.64. The van der Waals surface area contributed by atoms with Gasteiger partial charge in [0.25, 0.3) is 0 Å². The van der Waals surface area contributed by atoms with Crippen molar-refractivity contribution in [3.8, 4) is 11.3 Å². The lowest BCUT2D eigenvalue weighted by Crippen LogP contribution is -2.21. The van der Waals surface area contributed by atoms with E-state index in [-0.39, 0.29) is 28.3 Å². The molecule has 1 saturated carbocycles. The Bertz CT molecular complexity index is 1780. The van der Waals surface area contributed by atoms with Gasteiger partial charge in [0, 0.05) is 44.8 Å². The minimum atomic E-state index is -3.71. The van der Waals surface area contributed by atoms with Crippen LogP contribution in [0.5, 0.6) is 0 Å². The van der Waals surface area contributed by atoms with E-state index in [2.05, 4.69) is 20.0 Å². The third kappa shape index (κ3) is 5.00. The first-order chi connectivity index (χ1) is 18.5. The van der Waals surface area contributed by atoms with Gasteiger partial charge < -0.3 is 9.30 Å². The molecule has 1 saturated heterocycles. The van der Waals surface area contributed by atoms with E-state index in [1.807, 2.05) is 17.6 Å². The van der Waals surface area contributed by atoms with Crippen molar-refractivity contribution < 1.29 is 21.6 Å². The Morgan fingerprint density at radius 1 is 1.05 bits per heavy atom. The van der Waals surface area contributed by atoms with Crippen molar-refractivity contribution in [3.05, 3.63) is 24.2 Å². The smallest absolute Gasteiger partial charge is 0.234 e. The average molecular weight is 574 g/mol. The Kier molecular flexibility index (Phi) is 6.38. The van der Waals surface area contributed by atoms with Crippen LogP contribution in [0.4, 0.5) is 5.82 Å². The van der Waals surface area contributed by atoms with E-state index < -0.39 is 19.9 Å². The maximum atomic E-state index is 13.0. The number of rotatable bonds is 8. The molecule has 2 fully saturated rings. The van der Waals surface area contributed by atoms with Crippen molar-refractivity contribution in [3.63, 3.8) is 0 Å². The lowest BCUT2D eigenvalue weighted by atomic mass is 10.0. The summed E-state index contributed by atoms with van der Waals surface area (Å²) in [6.07, 6.45) is 7.50. The first-order valence-corrected chi connectivity index (χ1v) is 16.5. The second-order valence-corrected chi connectivity index (χ2v) is 14.4. The van der Waals surface area contributed by atoms with Crippen LogP contribution in [0.3, 0.4) is 0 Å². The fourth-order valence-corrected chi connectivity index (χ4v) is 7.74. The van der Waals surface area contributed by atoms with Crippen molar-refractivity contribution in [2.75, 3.05) is 29.9 Å². The maximum absolute atomic E-state index is 13.0. The largest absolute Gasteiger partial charge is 0.381 e. The van der Waals surface area contributed by atoms with Crippen molar-refractivity contribution in [2.45, 2.75) is 44.0 Å². The van der Waals surface area contributed by atoms with Crippen LogP contribution in [0.25, 0.3) is 33.2 Å². The van der Waals surface area contributed by atoms with Gasteiger partial charge in [-0.15, -0.1) is 5.10 Å². The van der Waals surface area contributed by atoms with Gasteiger partial charge in [-0.1, -0.05) is 5.21 Å². The van der Waals surface area contributed by atoms with Gasteiger partial charge in [-0.25, -0.2) is 26.5 Å². The molecular formula is C25H31N7O5S2. The molecule has 5 heterocycles. The summed E-state index contributed by atoms with van der Waals surface area (Å²) in [5, 5.41) is 8.65. The second-order valence-electron chi connectivity index (χ2n) is 10.7. The lowest BCUT2D eigenvalue weighted by Gasteiger charge is -2.23. The number of nitrogens with one attached hydrogen (secondary N) is 1. The van der Waals surface area contributed by atoms with Gasteiger partial charge in [-0.3, -0.25) is 9.71 Å². The van der Waals surface area contributed by atoms with Crippen LogP contribution in [0.2, 0.25) is 0 Å². The minimum Gasteiger partial charge on any atom is -0.381 e. The average Bonchev–Trinajstić information content (AvgIpc) is 3.54. The normalized spacial score (nSPS) is 17.3. The van der Waals surface area contributed by atoms with E-state index >= 15 is 0 Å². The van der Waals surface area contributed by atoms with Crippen LogP contribution in [-0.4, -0.2) is 71.6 Å². The molecule has 1 N–H and O–H groups in total. The van der Waals surface area contributed by atoms with Crippen molar-refractivity contribution in [2.24, 2.45) is 18.9 Å². The monoisotopic (exact) mass is 573 g/mol. The molecule has 0 unspecified atom stereocenters. The number of aromatic nitrogens is 6. The topological polar surface area (TPSA) is 151 Å². The van der Waals surface area contributed by atoms with E-state index in [1.165, 1.54) is 6.20 Å². The number of aryl methyl sites for hydroxylation is 2. The standard InChI is InChI=1S/C25H31N7O5S2/c1-15-23(31(2)30-28-15)18-10-19-22(26-11-18)21-24(32(19)13-16-6-8-37-9-7-16)20(38(3,33)34)12-27-25(21)29-39(35,36)14-17-4-5-17/h10-12,16-17H,4-9,13-14H2,1-3H3,(H,27,29). The van der Waals surface area contributed by atoms with E-state index in [1.54, 1.807) is 17.9 Å². The number of hydrogen-bond acceptors (Lipinski definition) is 9. The van der Waals surface area contributed by atoms with E-state index in [4.69, 9.17) is 9.72 Å². The minimum absolute atomic E-state index is 0.00899. The Morgan fingerprint density at radius 2 is 1.79 bits per heavy atom. The van der Waals surface area contributed by atoms with E-state index in [0.717, 1.165) is 48.9 Å². The molecule has 0 radical (unpaired) electrons. The molecule has 14 heteroatoms. The van der Waals surface area contributed by atoms with Crippen LogP contribution in [0.1, 0.15) is 31.4 Å². The van der Waals surface area contributed by atoms with Crippen molar-refractivity contribution >= 4 is 47.6 Å². The quantitative estimate of drug-likeness (QED) is 0.335. The third-order valence-electron chi connectivity index (χ3n) is 7.54. The second kappa shape index (κ2) is 9.52. The van der Waals surface area contributed by atoms with Crippen LogP contribution in [0, 0.1) is 18.8 Å². The zero-order chi connectivity index (χ0) is 27.5. The summed E-state index contributed by atoms with van der Waals surface area (Å²) in [6.45, 7) is 3.66. The number of sulfone groups is 1. The summed E-state index contributed by atoms with van der Waals surface area (Å²) in [4.78, 5) is 9.13. The molecule has 12 nitrogen and oxygen atoms in total. The molecule has 4 aromatic heterocycles. The Morgan fingerprint density at radius 3 is 2.44 bits per heavy atom.